The number of hydrogen-bond acceptors (Lipinski definition) is 6. The highest BCUT2D eigenvalue weighted by atomic mass is 32.1. The van der Waals surface area contributed by atoms with Gasteiger partial charge in [0, 0.05) is 11.5 Å². The zero-order chi connectivity index (χ0) is 16.4. The van der Waals surface area contributed by atoms with Crippen molar-refractivity contribution < 1.29 is 4.79 Å². The number of fused-ring (bicyclic) bond motifs is 1. The monoisotopic (exact) mass is 369 g/mol. The van der Waals surface area contributed by atoms with Crippen LogP contribution in [0.2, 0.25) is 0 Å². The Morgan fingerprint density at radius 1 is 1.08 bits per heavy atom. The summed E-state index contributed by atoms with van der Waals surface area (Å²) in [5.41, 5.74) is 1.84. The van der Waals surface area contributed by atoms with Crippen LogP contribution in [0.4, 0.5) is 5.13 Å². The summed E-state index contributed by atoms with van der Waals surface area (Å²) >= 11 is 4.60. The molecule has 0 aliphatic carbocycles. The molecule has 3 aromatic heterocycles. The lowest BCUT2D eigenvalue weighted by atomic mass is 10.3. The molecule has 4 rings (SSSR count). The maximum Gasteiger partial charge on any atom is 0.250 e. The minimum absolute atomic E-state index is 0.207. The van der Waals surface area contributed by atoms with Gasteiger partial charge in [-0.1, -0.05) is 18.2 Å². The molecule has 0 aliphatic rings. The van der Waals surface area contributed by atoms with Gasteiger partial charge in [0.05, 0.1) is 20.8 Å². The van der Waals surface area contributed by atoms with Gasteiger partial charge in [0.2, 0.25) is 5.91 Å². The summed E-state index contributed by atoms with van der Waals surface area (Å²) in [5, 5.41) is 8.15. The quantitative estimate of drug-likeness (QED) is 0.507. The van der Waals surface area contributed by atoms with Crippen LogP contribution in [-0.4, -0.2) is 15.9 Å². The molecule has 4 aromatic rings. The Morgan fingerprint density at radius 2 is 2.00 bits per heavy atom. The number of carbonyl (C=O) groups excluding carboxylic acids is 1. The van der Waals surface area contributed by atoms with E-state index in [4.69, 9.17) is 0 Å². The molecule has 0 unspecified atom stereocenters. The standard InChI is InChI=1S/C17H11N3OS3/c21-15(7-8-16-18-11-4-1-2-5-14(11)24-16)20-17-19-12(10-23-17)13-6-3-9-22-13/h1-10H,(H,19,20,21)/b8-7+. The predicted molar refractivity (Wildman–Crippen MR) is 103 cm³/mol. The number of nitrogens with one attached hydrogen (secondary N) is 1. The number of carbonyl (C=O) groups is 1. The van der Waals surface area contributed by atoms with Gasteiger partial charge < -0.3 is 0 Å². The van der Waals surface area contributed by atoms with Crippen LogP contribution < -0.4 is 5.32 Å². The van der Waals surface area contributed by atoms with Crippen LogP contribution >= 0.6 is 34.0 Å². The number of benzene rings is 1. The minimum atomic E-state index is -0.207. The lowest BCUT2D eigenvalue weighted by Gasteiger charge is -1.95. The number of nitrogens with zero attached hydrogens (tertiary/aromatic N) is 2. The van der Waals surface area contributed by atoms with Gasteiger partial charge in [-0.15, -0.1) is 34.0 Å². The molecule has 0 bridgehead atoms. The van der Waals surface area contributed by atoms with E-state index in [1.807, 2.05) is 47.2 Å². The lowest BCUT2D eigenvalue weighted by molar-refractivity contribution is -0.111. The van der Waals surface area contributed by atoms with E-state index in [0.29, 0.717) is 5.13 Å². The molecule has 0 saturated heterocycles. The summed E-state index contributed by atoms with van der Waals surface area (Å²) in [4.78, 5) is 22.0. The van der Waals surface area contributed by atoms with E-state index < -0.39 is 0 Å². The van der Waals surface area contributed by atoms with Crippen molar-refractivity contribution >= 4 is 61.3 Å². The SMILES string of the molecule is O=C(/C=C/c1nc2ccccc2s1)Nc1nc(-c2cccs2)cs1. The second-order valence-corrected chi connectivity index (χ2v) is 7.73. The Kier molecular flexibility index (Phi) is 4.20. The van der Waals surface area contributed by atoms with Crippen molar-refractivity contribution in [3.63, 3.8) is 0 Å². The Hall–Kier alpha value is -2.35. The summed E-state index contributed by atoms with van der Waals surface area (Å²) in [5.74, 6) is -0.207. The Bertz CT molecular complexity index is 982. The minimum Gasteiger partial charge on any atom is -0.298 e. The zero-order valence-corrected chi connectivity index (χ0v) is 14.8. The maximum absolute atomic E-state index is 12.0. The van der Waals surface area contributed by atoms with Crippen LogP contribution in [0.15, 0.2) is 53.2 Å². The summed E-state index contributed by atoms with van der Waals surface area (Å²) < 4.78 is 1.11. The van der Waals surface area contributed by atoms with Crippen LogP contribution in [-0.2, 0) is 4.79 Å². The van der Waals surface area contributed by atoms with Crippen molar-refractivity contribution in [3.8, 4) is 10.6 Å². The fourth-order valence-electron chi connectivity index (χ4n) is 2.12. The number of aromatic nitrogens is 2. The van der Waals surface area contributed by atoms with Crippen LogP contribution in [0.1, 0.15) is 5.01 Å². The first-order valence-corrected chi connectivity index (χ1v) is 9.69. The van der Waals surface area contributed by atoms with Crippen molar-refractivity contribution in [2.75, 3.05) is 5.32 Å². The molecule has 4 nitrogen and oxygen atoms in total. The Labute approximate surface area is 150 Å². The van der Waals surface area contributed by atoms with Gasteiger partial charge in [-0.2, -0.15) is 0 Å². The highest BCUT2D eigenvalue weighted by Gasteiger charge is 2.07. The number of hydrogen-bond donors (Lipinski definition) is 1. The average Bonchev–Trinajstić information content (AvgIpc) is 3.32. The third kappa shape index (κ3) is 3.28. The third-order valence-electron chi connectivity index (χ3n) is 3.20. The van der Waals surface area contributed by atoms with Crippen molar-refractivity contribution in [1.82, 2.24) is 9.97 Å². The first kappa shape index (κ1) is 15.2. The van der Waals surface area contributed by atoms with Gasteiger partial charge >= 0.3 is 0 Å². The van der Waals surface area contributed by atoms with Gasteiger partial charge in [0.1, 0.15) is 5.01 Å². The largest absolute Gasteiger partial charge is 0.298 e. The number of rotatable bonds is 4. The fraction of sp³-hybridized carbons (Fsp3) is 0. The van der Waals surface area contributed by atoms with Gasteiger partial charge in [-0.05, 0) is 29.7 Å². The molecule has 1 N–H and O–H groups in total. The number of thiophene rings is 1. The summed E-state index contributed by atoms with van der Waals surface area (Å²) in [6, 6.07) is 11.9. The van der Waals surface area contributed by atoms with E-state index in [0.717, 1.165) is 25.8 Å². The molecular formula is C17H11N3OS3. The lowest BCUT2D eigenvalue weighted by Crippen LogP contribution is -2.07. The van der Waals surface area contributed by atoms with E-state index in [1.165, 1.54) is 17.4 Å². The van der Waals surface area contributed by atoms with Crippen molar-refractivity contribution in [3.05, 3.63) is 58.2 Å². The van der Waals surface area contributed by atoms with Crippen LogP contribution in [0.25, 0.3) is 26.9 Å². The number of thiazole rings is 2. The highest BCUT2D eigenvalue weighted by molar-refractivity contribution is 7.19. The molecule has 24 heavy (non-hydrogen) atoms. The number of amides is 1. The molecule has 1 aromatic carbocycles. The fourth-order valence-corrected chi connectivity index (χ4v) is 4.47. The molecule has 118 valence electrons. The number of para-hydroxylation sites is 1. The van der Waals surface area contributed by atoms with E-state index in [-0.39, 0.29) is 5.91 Å². The Balaban J connectivity index is 1.44. The topological polar surface area (TPSA) is 54.9 Å². The summed E-state index contributed by atoms with van der Waals surface area (Å²) in [6.45, 7) is 0. The average molecular weight is 369 g/mol. The smallest absolute Gasteiger partial charge is 0.250 e. The molecule has 3 heterocycles. The van der Waals surface area contributed by atoms with Crippen molar-refractivity contribution in [1.29, 1.82) is 0 Å². The zero-order valence-electron chi connectivity index (χ0n) is 12.3. The van der Waals surface area contributed by atoms with Gasteiger partial charge in [-0.3, -0.25) is 10.1 Å². The van der Waals surface area contributed by atoms with Crippen molar-refractivity contribution in [2.45, 2.75) is 0 Å². The molecule has 0 spiro atoms. The van der Waals surface area contributed by atoms with E-state index >= 15 is 0 Å². The van der Waals surface area contributed by atoms with E-state index in [9.17, 15) is 4.79 Å². The molecular weight excluding hydrogens is 358 g/mol. The number of anilines is 1. The third-order valence-corrected chi connectivity index (χ3v) is 5.85. The predicted octanol–water partition coefficient (Wildman–Crippen LogP) is 5.13. The molecule has 0 fully saturated rings. The maximum atomic E-state index is 12.0. The molecule has 0 radical (unpaired) electrons. The van der Waals surface area contributed by atoms with E-state index in [2.05, 4.69) is 15.3 Å². The molecule has 0 saturated carbocycles. The van der Waals surface area contributed by atoms with Crippen LogP contribution in [0, 0.1) is 0 Å². The molecule has 7 heteroatoms. The highest BCUT2D eigenvalue weighted by Crippen LogP contribution is 2.28. The van der Waals surface area contributed by atoms with Gasteiger partial charge in [-0.25, -0.2) is 9.97 Å². The summed E-state index contributed by atoms with van der Waals surface area (Å²) in [6.07, 6.45) is 3.22. The van der Waals surface area contributed by atoms with Crippen LogP contribution in [0.5, 0.6) is 0 Å². The summed E-state index contributed by atoms with van der Waals surface area (Å²) in [7, 11) is 0. The second-order valence-electron chi connectivity index (χ2n) is 4.86. The molecule has 1 amide bonds. The first-order valence-electron chi connectivity index (χ1n) is 7.12. The van der Waals surface area contributed by atoms with Crippen LogP contribution in [0.3, 0.4) is 0 Å². The molecule has 0 aliphatic heterocycles. The van der Waals surface area contributed by atoms with Crippen molar-refractivity contribution in [2.24, 2.45) is 0 Å². The Morgan fingerprint density at radius 3 is 2.83 bits per heavy atom. The second kappa shape index (κ2) is 6.64. The normalized spacial score (nSPS) is 11.3. The first-order chi connectivity index (χ1) is 11.8. The van der Waals surface area contributed by atoms with Gasteiger partial charge in [0.25, 0.3) is 0 Å². The molecule has 0 atom stereocenters. The van der Waals surface area contributed by atoms with Gasteiger partial charge in [0.15, 0.2) is 5.13 Å². The van der Waals surface area contributed by atoms with E-state index in [1.54, 1.807) is 28.7 Å².